The number of thioether (sulfide) groups is 1. The van der Waals surface area contributed by atoms with Crippen molar-refractivity contribution < 1.29 is 13.6 Å². The summed E-state index contributed by atoms with van der Waals surface area (Å²) in [6.07, 6.45) is 1.58. The third-order valence-corrected chi connectivity index (χ3v) is 3.96. The van der Waals surface area contributed by atoms with Crippen LogP contribution in [0.15, 0.2) is 50.7 Å². The van der Waals surface area contributed by atoms with E-state index in [-0.39, 0.29) is 0 Å². The number of rotatable bonds is 5. The summed E-state index contributed by atoms with van der Waals surface area (Å²) in [6.45, 7) is 1.83. The smallest absolute Gasteiger partial charge is 0.277 e. The fourth-order valence-electron chi connectivity index (χ4n) is 1.94. The summed E-state index contributed by atoms with van der Waals surface area (Å²) in [6, 6.07) is 8.93. The van der Waals surface area contributed by atoms with Gasteiger partial charge in [0.15, 0.2) is 0 Å². The molecule has 0 aliphatic heterocycles. The fraction of sp³-hybridized carbons (Fsp3) is 0.133. The van der Waals surface area contributed by atoms with Gasteiger partial charge in [0.25, 0.3) is 11.1 Å². The summed E-state index contributed by atoms with van der Waals surface area (Å²) in [7, 11) is 0. The largest absolute Gasteiger partial charge is 0.469 e. The molecule has 1 amide bonds. The fourth-order valence-corrected chi connectivity index (χ4v) is 2.65. The van der Waals surface area contributed by atoms with Crippen LogP contribution in [0.2, 0.25) is 0 Å². The van der Waals surface area contributed by atoms with E-state index in [0.29, 0.717) is 22.4 Å². The van der Waals surface area contributed by atoms with Gasteiger partial charge in [-0.05, 0) is 30.7 Å². The zero-order valence-electron chi connectivity index (χ0n) is 11.8. The second-order valence-corrected chi connectivity index (χ2v) is 5.54. The Morgan fingerprint density at radius 2 is 2.18 bits per heavy atom. The van der Waals surface area contributed by atoms with Crippen LogP contribution in [-0.2, 0) is 5.75 Å². The van der Waals surface area contributed by atoms with Gasteiger partial charge in [-0.3, -0.25) is 4.79 Å². The van der Waals surface area contributed by atoms with Crippen LogP contribution in [0.4, 0.5) is 0 Å². The molecule has 6 nitrogen and oxygen atoms in total. The highest BCUT2D eigenvalue weighted by Gasteiger charge is 2.13. The minimum atomic E-state index is -0.442. The van der Waals surface area contributed by atoms with Crippen molar-refractivity contribution >= 4 is 17.7 Å². The first-order chi connectivity index (χ1) is 10.6. The van der Waals surface area contributed by atoms with Crippen molar-refractivity contribution in [2.45, 2.75) is 17.9 Å². The second-order valence-electron chi connectivity index (χ2n) is 4.62. The maximum atomic E-state index is 11.2. The van der Waals surface area contributed by atoms with Gasteiger partial charge < -0.3 is 14.6 Å². The highest BCUT2D eigenvalue weighted by atomic mass is 32.2. The van der Waals surface area contributed by atoms with Crippen LogP contribution in [0, 0.1) is 6.92 Å². The minimum absolute atomic E-state index is 0.430. The maximum absolute atomic E-state index is 11.2. The molecule has 7 heteroatoms. The lowest BCUT2D eigenvalue weighted by Crippen LogP contribution is -2.10. The van der Waals surface area contributed by atoms with E-state index in [1.54, 1.807) is 30.5 Å². The number of amides is 1. The van der Waals surface area contributed by atoms with Crippen LogP contribution < -0.4 is 5.73 Å². The Morgan fingerprint density at radius 1 is 1.32 bits per heavy atom. The molecule has 0 saturated carbocycles. The van der Waals surface area contributed by atoms with Gasteiger partial charge in [-0.15, -0.1) is 10.2 Å². The predicted octanol–water partition coefficient (Wildman–Crippen LogP) is 3.03. The maximum Gasteiger partial charge on any atom is 0.277 e. The molecular formula is C15H13N3O3S. The highest BCUT2D eigenvalue weighted by Crippen LogP contribution is 2.28. The molecular weight excluding hydrogens is 302 g/mol. The summed E-state index contributed by atoms with van der Waals surface area (Å²) in [4.78, 5) is 11.2. The number of benzene rings is 1. The Bertz CT molecular complexity index is 810. The van der Waals surface area contributed by atoms with Crippen LogP contribution in [0.3, 0.4) is 0 Å². The lowest BCUT2D eigenvalue weighted by molar-refractivity contribution is 0.1000. The monoisotopic (exact) mass is 315 g/mol. The number of hydrogen-bond donors (Lipinski definition) is 1. The van der Waals surface area contributed by atoms with Gasteiger partial charge in [-0.2, -0.15) is 0 Å². The van der Waals surface area contributed by atoms with E-state index >= 15 is 0 Å². The molecule has 3 aromatic rings. The molecule has 0 atom stereocenters. The van der Waals surface area contributed by atoms with E-state index in [1.165, 1.54) is 11.8 Å². The van der Waals surface area contributed by atoms with Crippen LogP contribution >= 0.6 is 11.8 Å². The number of carbonyl (C=O) groups is 1. The number of primary amides is 1. The summed E-state index contributed by atoms with van der Waals surface area (Å²) in [5.74, 6) is 1.32. The average molecular weight is 315 g/mol. The molecule has 0 aliphatic carbocycles. The van der Waals surface area contributed by atoms with Crippen molar-refractivity contribution in [3.8, 4) is 11.5 Å². The first-order valence-corrected chi connectivity index (χ1v) is 7.51. The van der Waals surface area contributed by atoms with Gasteiger partial charge in [0.2, 0.25) is 5.91 Å². The number of hydrogen-bond acceptors (Lipinski definition) is 6. The van der Waals surface area contributed by atoms with Crippen LogP contribution in [0.25, 0.3) is 11.5 Å². The number of aromatic nitrogens is 2. The van der Waals surface area contributed by atoms with E-state index in [2.05, 4.69) is 10.2 Å². The average Bonchev–Trinajstić information content (AvgIpc) is 3.14. The van der Waals surface area contributed by atoms with Crippen LogP contribution in [0.1, 0.15) is 21.7 Å². The SMILES string of the molecule is Cc1occc1-c1nnc(SCc2cccc(C(N)=O)c2)o1. The van der Waals surface area contributed by atoms with Crippen molar-refractivity contribution in [1.82, 2.24) is 10.2 Å². The van der Waals surface area contributed by atoms with E-state index in [4.69, 9.17) is 14.6 Å². The third kappa shape index (κ3) is 3.04. The van der Waals surface area contributed by atoms with Crippen molar-refractivity contribution in [2.24, 2.45) is 5.73 Å². The van der Waals surface area contributed by atoms with Gasteiger partial charge in [0, 0.05) is 11.3 Å². The molecule has 0 spiro atoms. The zero-order valence-corrected chi connectivity index (χ0v) is 12.6. The Labute approximate surface area is 130 Å². The second kappa shape index (κ2) is 6.07. The Hall–Kier alpha value is -2.54. The first kappa shape index (κ1) is 14.4. The van der Waals surface area contributed by atoms with Gasteiger partial charge in [-0.1, -0.05) is 23.9 Å². The van der Waals surface area contributed by atoms with Crippen molar-refractivity contribution in [2.75, 3.05) is 0 Å². The predicted molar refractivity (Wildman–Crippen MR) is 81.3 cm³/mol. The van der Waals surface area contributed by atoms with Crippen LogP contribution in [0.5, 0.6) is 0 Å². The molecule has 0 unspecified atom stereocenters. The highest BCUT2D eigenvalue weighted by molar-refractivity contribution is 7.98. The van der Waals surface area contributed by atoms with Gasteiger partial charge >= 0.3 is 0 Å². The Balaban J connectivity index is 1.70. The summed E-state index contributed by atoms with van der Waals surface area (Å²) < 4.78 is 10.8. The van der Waals surface area contributed by atoms with E-state index in [1.807, 2.05) is 13.0 Å². The lowest BCUT2D eigenvalue weighted by atomic mass is 10.1. The lowest BCUT2D eigenvalue weighted by Gasteiger charge is -2.00. The molecule has 112 valence electrons. The molecule has 1 aromatic carbocycles. The van der Waals surface area contributed by atoms with Gasteiger partial charge in [0.05, 0.1) is 11.8 Å². The molecule has 0 fully saturated rings. The molecule has 0 saturated heterocycles. The molecule has 2 N–H and O–H groups in total. The number of aryl methyl sites for hydroxylation is 1. The molecule has 0 aliphatic rings. The number of nitrogens with two attached hydrogens (primary N) is 1. The summed E-state index contributed by atoms with van der Waals surface area (Å²) in [5.41, 5.74) is 7.50. The first-order valence-electron chi connectivity index (χ1n) is 6.53. The molecule has 0 radical (unpaired) electrons. The number of nitrogens with zero attached hydrogens (tertiary/aromatic N) is 2. The van der Waals surface area contributed by atoms with Crippen molar-refractivity contribution in [1.29, 1.82) is 0 Å². The van der Waals surface area contributed by atoms with Crippen molar-refractivity contribution in [3.05, 3.63) is 53.5 Å². The van der Waals surface area contributed by atoms with E-state index in [0.717, 1.165) is 16.9 Å². The Kier molecular flexibility index (Phi) is 3.97. The molecule has 2 aromatic heterocycles. The molecule has 0 bridgehead atoms. The van der Waals surface area contributed by atoms with Gasteiger partial charge in [-0.25, -0.2) is 0 Å². The standard InChI is InChI=1S/C15H13N3O3S/c1-9-12(5-6-20-9)14-17-18-15(21-14)22-8-10-3-2-4-11(7-10)13(16)19/h2-7H,8H2,1H3,(H2,16,19). The normalized spacial score (nSPS) is 10.8. The Morgan fingerprint density at radius 3 is 2.91 bits per heavy atom. The number of carbonyl (C=O) groups excluding carboxylic acids is 1. The topological polar surface area (TPSA) is 95.1 Å². The van der Waals surface area contributed by atoms with E-state index < -0.39 is 5.91 Å². The summed E-state index contributed by atoms with van der Waals surface area (Å²) in [5, 5.41) is 8.46. The zero-order chi connectivity index (χ0) is 15.5. The summed E-state index contributed by atoms with van der Waals surface area (Å²) >= 11 is 1.39. The quantitative estimate of drug-likeness (QED) is 0.727. The number of furan rings is 1. The minimum Gasteiger partial charge on any atom is -0.469 e. The van der Waals surface area contributed by atoms with E-state index in [9.17, 15) is 4.79 Å². The molecule has 2 heterocycles. The van der Waals surface area contributed by atoms with Crippen LogP contribution in [-0.4, -0.2) is 16.1 Å². The van der Waals surface area contributed by atoms with Gasteiger partial charge in [0.1, 0.15) is 5.76 Å². The van der Waals surface area contributed by atoms with Crippen molar-refractivity contribution in [3.63, 3.8) is 0 Å². The molecule has 3 rings (SSSR count). The third-order valence-electron chi connectivity index (χ3n) is 3.07. The molecule has 22 heavy (non-hydrogen) atoms.